The molecular weight excluding hydrogens is 218 g/mol. The Bertz CT molecular complexity index is 349. The molecular formula is C17H29N. The van der Waals surface area contributed by atoms with Gasteiger partial charge in [-0.15, -0.1) is 0 Å². The molecule has 0 aliphatic rings. The Morgan fingerprint density at radius 3 is 2.39 bits per heavy atom. The topological polar surface area (TPSA) is 12.0 Å². The summed E-state index contributed by atoms with van der Waals surface area (Å²) in [6.07, 6.45) is 4.92. The summed E-state index contributed by atoms with van der Waals surface area (Å²) in [6, 6.07) is 9.33. The van der Waals surface area contributed by atoms with Gasteiger partial charge in [0, 0.05) is 6.04 Å². The molecule has 1 nitrogen and oxygen atoms in total. The van der Waals surface area contributed by atoms with Crippen LogP contribution >= 0.6 is 0 Å². The standard InChI is InChI=1S/C17H29N/c1-6-14-10-7-8-11-15(14)16(18-5)12-9-13-17(2,3)4/h7-8,10-11,16,18H,6,9,12-13H2,1-5H3. The molecule has 18 heavy (non-hydrogen) atoms. The molecule has 0 aromatic heterocycles. The lowest BCUT2D eigenvalue weighted by Gasteiger charge is -2.23. The van der Waals surface area contributed by atoms with Crippen LogP contribution < -0.4 is 5.32 Å². The van der Waals surface area contributed by atoms with Gasteiger partial charge in [-0.25, -0.2) is 0 Å². The fourth-order valence-corrected chi connectivity index (χ4v) is 2.49. The van der Waals surface area contributed by atoms with E-state index in [4.69, 9.17) is 0 Å². The second-order valence-corrected chi connectivity index (χ2v) is 6.35. The summed E-state index contributed by atoms with van der Waals surface area (Å²) >= 11 is 0. The van der Waals surface area contributed by atoms with Gasteiger partial charge in [-0.3, -0.25) is 0 Å². The summed E-state index contributed by atoms with van der Waals surface area (Å²) < 4.78 is 0. The fraction of sp³-hybridized carbons (Fsp3) is 0.647. The van der Waals surface area contributed by atoms with Crippen LogP contribution in [0.25, 0.3) is 0 Å². The predicted octanol–water partition coefficient (Wildman–Crippen LogP) is 4.73. The molecule has 0 saturated carbocycles. The van der Waals surface area contributed by atoms with Gasteiger partial charge in [-0.05, 0) is 42.9 Å². The van der Waals surface area contributed by atoms with E-state index in [1.807, 2.05) is 0 Å². The van der Waals surface area contributed by atoms with Gasteiger partial charge in [-0.1, -0.05) is 58.4 Å². The third-order valence-corrected chi connectivity index (χ3v) is 3.58. The van der Waals surface area contributed by atoms with Crippen molar-refractivity contribution in [3.8, 4) is 0 Å². The molecule has 0 aliphatic carbocycles. The Labute approximate surface area is 113 Å². The number of nitrogens with one attached hydrogen (secondary N) is 1. The van der Waals surface area contributed by atoms with Crippen LogP contribution in [0, 0.1) is 5.41 Å². The minimum Gasteiger partial charge on any atom is -0.313 e. The molecule has 1 heteroatoms. The van der Waals surface area contributed by atoms with Gasteiger partial charge in [-0.2, -0.15) is 0 Å². The summed E-state index contributed by atoms with van der Waals surface area (Å²) in [6.45, 7) is 9.20. The Morgan fingerprint density at radius 2 is 1.83 bits per heavy atom. The van der Waals surface area contributed by atoms with Crippen LogP contribution in [0.1, 0.15) is 64.1 Å². The highest BCUT2D eigenvalue weighted by Crippen LogP contribution is 2.27. The van der Waals surface area contributed by atoms with Gasteiger partial charge in [0.15, 0.2) is 0 Å². The molecule has 0 saturated heterocycles. The Balaban J connectivity index is 2.65. The first-order chi connectivity index (χ1) is 8.48. The number of hydrogen-bond acceptors (Lipinski definition) is 1. The van der Waals surface area contributed by atoms with Crippen LogP contribution in [-0.4, -0.2) is 7.05 Å². The quantitative estimate of drug-likeness (QED) is 0.766. The van der Waals surface area contributed by atoms with E-state index in [0.717, 1.165) is 6.42 Å². The first-order valence-corrected chi connectivity index (χ1v) is 7.23. The van der Waals surface area contributed by atoms with Crippen LogP contribution in [0.15, 0.2) is 24.3 Å². The highest BCUT2D eigenvalue weighted by molar-refractivity contribution is 5.29. The average molecular weight is 247 g/mol. The van der Waals surface area contributed by atoms with Crippen molar-refractivity contribution in [1.29, 1.82) is 0 Å². The lowest BCUT2D eigenvalue weighted by Crippen LogP contribution is -2.18. The maximum atomic E-state index is 3.48. The van der Waals surface area contributed by atoms with Gasteiger partial charge in [0.1, 0.15) is 0 Å². The largest absolute Gasteiger partial charge is 0.313 e. The predicted molar refractivity (Wildman–Crippen MR) is 80.9 cm³/mol. The van der Waals surface area contributed by atoms with Crippen molar-refractivity contribution < 1.29 is 0 Å². The number of benzene rings is 1. The summed E-state index contributed by atoms with van der Waals surface area (Å²) in [5.74, 6) is 0. The van der Waals surface area contributed by atoms with Crippen LogP contribution in [0.3, 0.4) is 0 Å². The molecule has 0 bridgehead atoms. The van der Waals surface area contributed by atoms with Gasteiger partial charge in [0.05, 0.1) is 0 Å². The van der Waals surface area contributed by atoms with E-state index in [1.54, 1.807) is 0 Å². The average Bonchev–Trinajstić information content (AvgIpc) is 2.33. The normalized spacial score (nSPS) is 13.6. The minimum atomic E-state index is 0.447. The first kappa shape index (κ1) is 15.2. The molecule has 1 N–H and O–H groups in total. The van der Waals surface area contributed by atoms with E-state index < -0.39 is 0 Å². The second-order valence-electron chi connectivity index (χ2n) is 6.35. The monoisotopic (exact) mass is 247 g/mol. The van der Waals surface area contributed by atoms with Crippen LogP contribution in [0.4, 0.5) is 0 Å². The van der Waals surface area contributed by atoms with E-state index in [1.165, 1.54) is 30.4 Å². The molecule has 1 rings (SSSR count). The molecule has 1 unspecified atom stereocenters. The lowest BCUT2D eigenvalue weighted by atomic mass is 9.87. The van der Waals surface area contributed by atoms with E-state index in [9.17, 15) is 0 Å². The SMILES string of the molecule is CCc1ccccc1C(CCCC(C)(C)C)NC. The highest BCUT2D eigenvalue weighted by Gasteiger charge is 2.15. The molecule has 0 heterocycles. The number of rotatable bonds is 6. The zero-order valence-electron chi connectivity index (χ0n) is 12.7. The Kier molecular flexibility index (Phi) is 5.87. The molecule has 0 radical (unpaired) electrons. The van der Waals surface area contributed by atoms with Crippen LogP contribution in [-0.2, 0) is 6.42 Å². The molecule has 0 amide bonds. The van der Waals surface area contributed by atoms with Crippen molar-refractivity contribution in [3.05, 3.63) is 35.4 Å². The molecule has 0 aliphatic heterocycles. The summed E-state index contributed by atoms with van der Waals surface area (Å²) in [5.41, 5.74) is 3.41. The van der Waals surface area contributed by atoms with Gasteiger partial charge in [0.2, 0.25) is 0 Å². The summed E-state index contributed by atoms with van der Waals surface area (Å²) in [5, 5.41) is 3.48. The van der Waals surface area contributed by atoms with E-state index in [0.29, 0.717) is 11.5 Å². The van der Waals surface area contributed by atoms with Crippen molar-refractivity contribution in [2.75, 3.05) is 7.05 Å². The lowest BCUT2D eigenvalue weighted by molar-refractivity contribution is 0.347. The second kappa shape index (κ2) is 6.94. The van der Waals surface area contributed by atoms with Gasteiger partial charge < -0.3 is 5.32 Å². The Morgan fingerprint density at radius 1 is 1.17 bits per heavy atom. The zero-order chi connectivity index (χ0) is 13.6. The first-order valence-electron chi connectivity index (χ1n) is 7.23. The summed E-state index contributed by atoms with van der Waals surface area (Å²) in [7, 11) is 2.08. The number of hydrogen-bond donors (Lipinski definition) is 1. The van der Waals surface area contributed by atoms with E-state index >= 15 is 0 Å². The van der Waals surface area contributed by atoms with Crippen molar-refractivity contribution in [3.63, 3.8) is 0 Å². The highest BCUT2D eigenvalue weighted by atomic mass is 14.9. The van der Waals surface area contributed by atoms with Crippen LogP contribution in [0.5, 0.6) is 0 Å². The summed E-state index contributed by atoms with van der Waals surface area (Å²) in [4.78, 5) is 0. The fourth-order valence-electron chi connectivity index (χ4n) is 2.49. The number of aryl methyl sites for hydroxylation is 1. The smallest absolute Gasteiger partial charge is 0.0320 e. The van der Waals surface area contributed by atoms with Gasteiger partial charge >= 0.3 is 0 Å². The molecule has 0 spiro atoms. The van der Waals surface area contributed by atoms with E-state index in [2.05, 4.69) is 64.3 Å². The maximum Gasteiger partial charge on any atom is 0.0320 e. The molecule has 102 valence electrons. The van der Waals surface area contributed by atoms with E-state index in [-0.39, 0.29) is 0 Å². The van der Waals surface area contributed by atoms with Crippen molar-refractivity contribution in [1.82, 2.24) is 5.32 Å². The van der Waals surface area contributed by atoms with Gasteiger partial charge in [0.25, 0.3) is 0 Å². The minimum absolute atomic E-state index is 0.447. The van der Waals surface area contributed by atoms with Crippen molar-refractivity contribution in [2.24, 2.45) is 5.41 Å². The molecule has 0 fully saturated rings. The van der Waals surface area contributed by atoms with Crippen LogP contribution in [0.2, 0.25) is 0 Å². The Hall–Kier alpha value is -0.820. The van der Waals surface area contributed by atoms with Crippen molar-refractivity contribution in [2.45, 2.75) is 59.4 Å². The molecule has 1 aromatic carbocycles. The van der Waals surface area contributed by atoms with Crippen molar-refractivity contribution >= 4 is 0 Å². The zero-order valence-corrected chi connectivity index (χ0v) is 12.7. The third-order valence-electron chi connectivity index (χ3n) is 3.58. The third kappa shape index (κ3) is 4.81. The molecule has 1 aromatic rings. The maximum absolute atomic E-state index is 3.48. The molecule has 1 atom stereocenters.